The van der Waals surface area contributed by atoms with E-state index in [0.29, 0.717) is 11.2 Å². The summed E-state index contributed by atoms with van der Waals surface area (Å²) in [4.78, 5) is 3.82. The van der Waals surface area contributed by atoms with Gasteiger partial charge < -0.3 is 0 Å². The lowest BCUT2D eigenvalue weighted by atomic mass is 9.94. The molecule has 1 heterocycles. The monoisotopic (exact) mass is 168 g/mol. The minimum absolute atomic E-state index is 0.221. The van der Waals surface area contributed by atoms with Crippen LogP contribution in [0.3, 0.4) is 0 Å². The Kier molecular flexibility index (Phi) is 2.94. The van der Waals surface area contributed by atoms with Crippen molar-refractivity contribution in [3.63, 3.8) is 0 Å². The van der Waals surface area contributed by atoms with E-state index in [1.807, 2.05) is 6.26 Å². The zero-order valence-corrected chi connectivity index (χ0v) is 7.28. The van der Waals surface area contributed by atoms with Crippen molar-refractivity contribution in [1.82, 2.24) is 4.98 Å². The third-order valence-electron chi connectivity index (χ3n) is 1.34. The molecule has 0 N–H and O–H groups in total. The Labute approximate surface area is 70.6 Å². The molecule has 0 aromatic carbocycles. The van der Waals surface area contributed by atoms with Crippen LogP contribution in [0.4, 0.5) is 4.39 Å². The quantitative estimate of drug-likeness (QED) is 0.614. The maximum absolute atomic E-state index is 13.1. The number of aryl methyl sites for hydroxylation is 1. The van der Waals surface area contributed by atoms with Crippen LogP contribution in [0.15, 0.2) is 12.3 Å². The lowest BCUT2D eigenvalue weighted by molar-refractivity contribution is 0.618. The second kappa shape index (κ2) is 3.76. The highest BCUT2D eigenvalue weighted by molar-refractivity contribution is 8.23. The van der Waals surface area contributed by atoms with Gasteiger partial charge in [-0.2, -0.15) is 0 Å². The molecule has 0 amide bonds. The van der Waals surface area contributed by atoms with E-state index >= 15 is 0 Å². The topological polar surface area (TPSA) is 12.9 Å². The molecule has 1 aromatic heterocycles. The van der Waals surface area contributed by atoms with Gasteiger partial charge in [0, 0.05) is 6.20 Å². The van der Waals surface area contributed by atoms with Gasteiger partial charge in [-0.25, -0.2) is 16.0 Å². The van der Waals surface area contributed by atoms with E-state index in [0.717, 1.165) is 0 Å². The molecule has 0 bridgehead atoms. The van der Waals surface area contributed by atoms with Crippen LogP contribution in [0.25, 0.3) is 0 Å². The van der Waals surface area contributed by atoms with Gasteiger partial charge in [-0.1, -0.05) is 0 Å². The van der Waals surface area contributed by atoms with Crippen LogP contribution in [0, 0.1) is 12.7 Å². The third-order valence-corrected chi connectivity index (χ3v) is 1.83. The Morgan fingerprint density at radius 2 is 2.36 bits per heavy atom. The summed E-state index contributed by atoms with van der Waals surface area (Å²) in [6.07, 6.45) is 3.51. The van der Waals surface area contributed by atoms with Crippen molar-refractivity contribution in [3.05, 3.63) is 23.8 Å². The van der Waals surface area contributed by atoms with Crippen molar-refractivity contribution in [2.45, 2.75) is 6.92 Å². The highest BCUT2D eigenvalue weighted by Gasteiger charge is 2.04. The first-order chi connectivity index (χ1) is 5.25. The highest BCUT2D eigenvalue weighted by Crippen LogP contribution is 1.99. The second-order valence-electron chi connectivity index (χ2n) is 2.15. The number of rotatable bonds is 2. The molecular weight excluding hydrogens is 160 g/mol. The molecule has 4 heteroatoms. The summed E-state index contributed by atoms with van der Waals surface area (Å²) in [6, 6.07) is 1.67. The van der Waals surface area contributed by atoms with Crippen LogP contribution in [-0.4, -0.2) is 17.8 Å². The normalized spacial score (nSPS) is 9.73. The minimum atomic E-state index is -0.221. The molecule has 0 saturated carbocycles. The molecule has 1 nitrogen and oxygen atoms in total. The third kappa shape index (κ3) is 1.96. The number of aromatic nitrogens is 1. The fraction of sp³-hybridized carbons (Fsp3) is 0.286. The summed E-state index contributed by atoms with van der Waals surface area (Å²) in [5, 5.41) is 0. The van der Waals surface area contributed by atoms with E-state index in [9.17, 15) is 4.39 Å². The lowest BCUT2D eigenvalue weighted by Gasteiger charge is -2.00. The Bertz CT molecular complexity index is 254. The van der Waals surface area contributed by atoms with E-state index in [1.165, 1.54) is 11.6 Å². The molecule has 0 fully saturated rings. The summed E-state index contributed by atoms with van der Waals surface area (Å²) in [7, 11) is 0. The van der Waals surface area contributed by atoms with Crippen LogP contribution < -0.4 is 5.46 Å². The molecule has 0 atom stereocenters. The smallest absolute Gasteiger partial charge is 0.233 e. The van der Waals surface area contributed by atoms with Gasteiger partial charge >= 0.3 is 0 Å². The lowest BCUT2D eigenvalue weighted by Crippen LogP contribution is -2.17. The van der Waals surface area contributed by atoms with Gasteiger partial charge in [0.2, 0.25) is 6.56 Å². The summed E-state index contributed by atoms with van der Waals surface area (Å²) >= 11 is 1.48. The van der Waals surface area contributed by atoms with Crippen LogP contribution in [0.1, 0.15) is 5.69 Å². The van der Waals surface area contributed by atoms with Crippen LogP contribution in [-0.2, 0) is 0 Å². The van der Waals surface area contributed by atoms with Crippen molar-refractivity contribution in [2.24, 2.45) is 0 Å². The molecular formula is C7H8BFNS. The van der Waals surface area contributed by atoms with Crippen molar-refractivity contribution >= 4 is 23.6 Å². The van der Waals surface area contributed by atoms with Crippen molar-refractivity contribution in [2.75, 3.05) is 6.26 Å². The highest BCUT2D eigenvalue weighted by atomic mass is 32.2. The standard InChI is InChI=1S/C7H8BFNS/c1-5-7(9)6(8-11-2)3-4-10-5/h3-4H,1-2H3. The summed E-state index contributed by atoms with van der Waals surface area (Å²) in [5.74, 6) is -0.221. The first kappa shape index (κ1) is 8.59. The van der Waals surface area contributed by atoms with E-state index in [-0.39, 0.29) is 5.82 Å². The molecule has 0 unspecified atom stereocenters. The van der Waals surface area contributed by atoms with Crippen molar-refractivity contribution < 1.29 is 4.39 Å². The van der Waals surface area contributed by atoms with Gasteiger partial charge in [-0.3, -0.25) is 4.98 Å². The predicted molar refractivity (Wildman–Crippen MR) is 47.8 cm³/mol. The van der Waals surface area contributed by atoms with Crippen LogP contribution >= 0.6 is 11.6 Å². The number of nitrogens with zero attached hydrogens (tertiary/aromatic N) is 1. The number of halogens is 1. The van der Waals surface area contributed by atoms with Gasteiger partial charge in [-0.15, -0.1) is 0 Å². The van der Waals surface area contributed by atoms with E-state index in [4.69, 9.17) is 0 Å². The number of hydrogen-bond acceptors (Lipinski definition) is 2. The van der Waals surface area contributed by atoms with Gasteiger partial charge in [0.1, 0.15) is 5.82 Å². The zero-order chi connectivity index (χ0) is 8.27. The van der Waals surface area contributed by atoms with E-state index in [2.05, 4.69) is 4.98 Å². The average Bonchev–Trinajstić information content (AvgIpc) is 1.99. The van der Waals surface area contributed by atoms with Crippen LogP contribution in [0.2, 0.25) is 0 Å². The molecule has 0 spiro atoms. The Morgan fingerprint density at radius 3 is 3.00 bits per heavy atom. The van der Waals surface area contributed by atoms with Gasteiger partial charge in [0.15, 0.2) is 0 Å². The number of pyridine rings is 1. The second-order valence-corrected chi connectivity index (χ2v) is 2.86. The van der Waals surface area contributed by atoms with Gasteiger partial charge in [0.25, 0.3) is 0 Å². The molecule has 0 aliphatic carbocycles. The average molecular weight is 168 g/mol. The maximum Gasteiger partial charge on any atom is 0.233 e. The Morgan fingerprint density at radius 1 is 1.64 bits per heavy atom. The number of hydrogen-bond donors (Lipinski definition) is 0. The van der Waals surface area contributed by atoms with Crippen molar-refractivity contribution in [1.29, 1.82) is 0 Å². The molecule has 1 rings (SSSR count). The molecule has 0 aliphatic heterocycles. The first-order valence-electron chi connectivity index (χ1n) is 3.23. The SMILES string of the molecule is CS[B]c1ccnc(C)c1F. The van der Waals surface area contributed by atoms with E-state index < -0.39 is 0 Å². The predicted octanol–water partition coefficient (Wildman–Crippen LogP) is 1.14. The largest absolute Gasteiger partial charge is 0.259 e. The maximum atomic E-state index is 13.1. The summed E-state index contributed by atoms with van der Waals surface area (Å²) in [6.45, 7) is 3.43. The molecule has 0 aliphatic rings. The summed E-state index contributed by atoms with van der Waals surface area (Å²) < 4.78 is 13.1. The van der Waals surface area contributed by atoms with Crippen LogP contribution in [0.5, 0.6) is 0 Å². The fourth-order valence-corrected chi connectivity index (χ4v) is 1.22. The molecule has 1 radical (unpaired) electrons. The molecule has 57 valence electrons. The first-order valence-corrected chi connectivity index (χ1v) is 4.51. The minimum Gasteiger partial charge on any atom is -0.259 e. The molecule has 0 saturated heterocycles. The fourth-order valence-electron chi connectivity index (χ4n) is 0.786. The van der Waals surface area contributed by atoms with Crippen molar-refractivity contribution in [3.8, 4) is 0 Å². The Hall–Kier alpha value is -0.505. The summed E-state index contributed by atoms with van der Waals surface area (Å²) in [5.41, 5.74) is 1.07. The van der Waals surface area contributed by atoms with Gasteiger partial charge in [0.05, 0.1) is 5.69 Å². The zero-order valence-electron chi connectivity index (χ0n) is 6.47. The molecule has 1 aromatic rings. The molecule has 11 heavy (non-hydrogen) atoms. The van der Waals surface area contributed by atoms with E-state index in [1.54, 1.807) is 25.7 Å². The Balaban J connectivity index is 2.96. The van der Waals surface area contributed by atoms with Gasteiger partial charge in [-0.05, 0) is 24.7 Å².